The van der Waals surface area contributed by atoms with Crippen LogP contribution in [0.2, 0.25) is 0 Å². The first-order valence-corrected chi connectivity index (χ1v) is 6.99. The maximum absolute atomic E-state index is 11.8. The van der Waals surface area contributed by atoms with Crippen LogP contribution in [0.4, 0.5) is 5.69 Å². The second-order valence-electron chi connectivity index (χ2n) is 4.06. The molecule has 2 aromatic rings. The number of amides is 1. The van der Waals surface area contributed by atoms with Crippen LogP contribution in [-0.2, 0) is 11.2 Å². The van der Waals surface area contributed by atoms with Crippen LogP contribution in [0.1, 0.15) is 17.6 Å². The van der Waals surface area contributed by atoms with Crippen molar-refractivity contribution in [3.63, 3.8) is 0 Å². The molecule has 0 bridgehead atoms. The summed E-state index contributed by atoms with van der Waals surface area (Å²) in [6.07, 6.45) is 0.311. The quantitative estimate of drug-likeness (QED) is 0.913. The fourth-order valence-electron chi connectivity index (χ4n) is 1.63. The van der Waals surface area contributed by atoms with Crippen molar-refractivity contribution in [2.24, 2.45) is 0 Å². The van der Waals surface area contributed by atoms with Gasteiger partial charge in [-0.15, -0.1) is 11.3 Å². The van der Waals surface area contributed by atoms with Crippen molar-refractivity contribution in [1.29, 1.82) is 0 Å². The summed E-state index contributed by atoms with van der Waals surface area (Å²) in [5.41, 5.74) is 1.72. The van der Waals surface area contributed by atoms with E-state index in [4.69, 9.17) is 4.74 Å². The lowest BCUT2D eigenvalue weighted by atomic mass is 10.3. The van der Waals surface area contributed by atoms with E-state index in [2.05, 4.69) is 10.3 Å². The van der Waals surface area contributed by atoms with Gasteiger partial charge < -0.3 is 10.1 Å². The van der Waals surface area contributed by atoms with E-state index in [1.807, 2.05) is 43.5 Å². The molecular weight excluding hydrogens is 260 g/mol. The number of benzene rings is 1. The van der Waals surface area contributed by atoms with Crippen LogP contribution in [-0.4, -0.2) is 17.5 Å². The minimum atomic E-state index is -0.0569. The average molecular weight is 276 g/mol. The topological polar surface area (TPSA) is 51.2 Å². The van der Waals surface area contributed by atoms with E-state index >= 15 is 0 Å². The maximum atomic E-state index is 11.8. The summed E-state index contributed by atoms with van der Waals surface area (Å²) in [5, 5.41) is 5.62. The van der Waals surface area contributed by atoms with Gasteiger partial charge in [0, 0.05) is 16.8 Å². The lowest BCUT2D eigenvalue weighted by molar-refractivity contribution is -0.115. The highest BCUT2D eigenvalue weighted by molar-refractivity contribution is 7.09. The SMILES string of the molecule is CCOc1ccc(NC(=O)Cc2nc(C)cs2)cc1. The Balaban J connectivity index is 1.91. The predicted octanol–water partition coefficient (Wildman–Crippen LogP) is 3.03. The van der Waals surface area contributed by atoms with Crippen LogP contribution in [0, 0.1) is 6.92 Å². The van der Waals surface area contributed by atoms with Gasteiger partial charge in [-0.3, -0.25) is 4.79 Å². The summed E-state index contributed by atoms with van der Waals surface area (Å²) < 4.78 is 5.34. The van der Waals surface area contributed by atoms with E-state index in [0.29, 0.717) is 13.0 Å². The third kappa shape index (κ3) is 4.06. The first kappa shape index (κ1) is 13.5. The molecule has 0 radical (unpaired) electrons. The number of carbonyl (C=O) groups excluding carboxylic acids is 1. The molecule has 0 spiro atoms. The number of carbonyl (C=O) groups is 1. The summed E-state index contributed by atoms with van der Waals surface area (Å²) in [7, 11) is 0. The molecule has 0 aliphatic carbocycles. The Labute approximate surface area is 116 Å². The number of nitrogens with one attached hydrogen (secondary N) is 1. The van der Waals surface area contributed by atoms with Crippen molar-refractivity contribution < 1.29 is 9.53 Å². The highest BCUT2D eigenvalue weighted by Gasteiger charge is 2.07. The molecule has 0 aliphatic rings. The minimum absolute atomic E-state index is 0.0569. The van der Waals surface area contributed by atoms with E-state index in [0.717, 1.165) is 22.1 Å². The Kier molecular flexibility index (Phi) is 4.52. The molecule has 0 saturated carbocycles. The molecule has 0 unspecified atom stereocenters. The fraction of sp³-hybridized carbons (Fsp3) is 0.286. The molecule has 5 heteroatoms. The van der Waals surface area contributed by atoms with Crippen molar-refractivity contribution in [1.82, 2.24) is 4.98 Å². The van der Waals surface area contributed by atoms with Crippen LogP contribution in [0.25, 0.3) is 0 Å². The molecule has 100 valence electrons. The summed E-state index contributed by atoms with van der Waals surface area (Å²) >= 11 is 1.51. The van der Waals surface area contributed by atoms with Gasteiger partial charge in [-0.05, 0) is 38.1 Å². The first-order valence-electron chi connectivity index (χ1n) is 6.11. The number of aryl methyl sites for hydroxylation is 1. The van der Waals surface area contributed by atoms with Crippen molar-refractivity contribution in [2.75, 3.05) is 11.9 Å². The Morgan fingerprint density at radius 3 is 2.68 bits per heavy atom. The number of aromatic nitrogens is 1. The molecule has 0 fully saturated rings. The smallest absolute Gasteiger partial charge is 0.231 e. The molecule has 1 aromatic carbocycles. The molecule has 0 saturated heterocycles. The summed E-state index contributed by atoms with van der Waals surface area (Å²) in [4.78, 5) is 16.1. The van der Waals surface area contributed by atoms with Crippen LogP contribution < -0.4 is 10.1 Å². The molecule has 1 aromatic heterocycles. The molecule has 4 nitrogen and oxygen atoms in total. The Morgan fingerprint density at radius 2 is 2.11 bits per heavy atom. The van der Waals surface area contributed by atoms with Gasteiger partial charge in [0.2, 0.25) is 5.91 Å². The van der Waals surface area contributed by atoms with Crippen molar-refractivity contribution in [2.45, 2.75) is 20.3 Å². The molecule has 1 heterocycles. The number of ether oxygens (including phenoxy) is 1. The number of hydrogen-bond donors (Lipinski definition) is 1. The number of thiazole rings is 1. The van der Waals surface area contributed by atoms with Gasteiger partial charge in [0.15, 0.2) is 0 Å². The fourth-order valence-corrected chi connectivity index (χ4v) is 2.40. The zero-order valence-corrected chi connectivity index (χ0v) is 11.8. The molecule has 1 amide bonds. The number of anilines is 1. The number of hydrogen-bond acceptors (Lipinski definition) is 4. The number of nitrogens with zero attached hydrogens (tertiary/aromatic N) is 1. The second-order valence-corrected chi connectivity index (χ2v) is 5.01. The third-order valence-electron chi connectivity index (χ3n) is 2.43. The maximum Gasteiger partial charge on any atom is 0.231 e. The van der Waals surface area contributed by atoms with E-state index in [1.54, 1.807) is 0 Å². The van der Waals surface area contributed by atoms with Gasteiger partial charge >= 0.3 is 0 Å². The molecule has 2 rings (SSSR count). The van der Waals surface area contributed by atoms with Crippen LogP contribution >= 0.6 is 11.3 Å². The highest BCUT2D eigenvalue weighted by Crippen LogP contribution is 2.16. The van der Waals surface area contributed by atoms with Gasteiger partial charge in [0.1, 0.15) is 10.8 Å². The predicted molar refractivity (Wildman–Crippen MR) is 76.8 cm³/mol. The Hall–Kier alpha value is -1.88. The zero-order chi connectivity index (χ0) is 13.7. The lowest BCUT2D eigenvalue weighted by Crippen LogP contribution is -2.14. The zero-order valence-electron chi connectivity index (χ0n) is 11.0. The molecular formula is C14H16N2O2S. The highest BCUT2D eigenvalue weighted by atomic mass is 32.1. The van der Waals surface area contributed by atoms with Crippen LogP contribution in [0.15, 0.2) is 29.6 Å². The third-order valence-corrected chi connectivity index (χ3v) is 3.39. The largest absolute Gasteiger partial charge is 0.494 e. The monoisotopic (exact) mass is 276 g/mol. The average Bonchev–Trinajstić information content (AvgIpc) is 2.77. The first-order chi connectivity index (χ1) is 9.17. The molecule has 1 N–H and O–H groups in total. The summed E-state index contributed by atoms with van der Waals surface area (Å²) in [6.45, 7) is 4.49. The lowest BCUT2D eigenvalue weighted by Gasteiger charge is -2.06. The normalized spacial score (nSPS) is 10.2. The summed E-state index contributed by atoms with van der Waals surface area (Å²) in [6, 6.07) is 7.34. The van der Waals surface area contributed by atoms with E-state index in [9.17, 15) is 4.79 Å². The molecule has 0 atom stereocenters. The van der Waals surface area contributed by atoms with Crippen LogP contribution in [0.5, 0.6) is 5.75 Å². The van der Waals surface area contributed by atoms with Gasteiger partial charge in [-0.25, -0.2) is 4.98 Å². The Morgan fingerprint density at radius 1 is 1.37 bits per heavy atom. The van der Waals surface area contributed by atoms with Crippen molar-refractivity contribution in [3.8, 4) is 5.75 Å². The molecule has 19 heavy (non-hydrogen) atoms. The van der Waals surface area contributed by atoms with E-state index < -0.39 is 0 Å². The summed E-state index contributed by atoms with van der Waals surface area (Å²) in [5.74, 6) is 0.745. The van der Waals surface area contributed by atoms with Crippen molar-refractivity contribution >= 4 is 22.9 Å². The van der Waals surface area contributed by atoms with Gasteiger partial charge in [-0.2, -0.15) is 0 Å². The second kappa shape index (κ2) is 6.33. The minimum Gasteiger partial charge on any atom is -0.494 e. The van der Waals surface area contributed by atoms with Crippen molar-refractivity contribution in [3.05, 3.63) is 40.3 Å². The van der Waals surface area contributed by atoms with E-state index in [1.165, 1.54) is 11.3 Å². The standard InChI is InChI=1S/C14H16N2O2S/c1-3-18-12-6-4-11(5-7-12)16-13(17)8-14-15-10(2)9-19-14/h4-7,9H,3,8H2,1-2H3,(H,16,17). The van der Waals surface area contributed by atoms with Gasteiger partial charge in [0.05, 0.1) is 13.0 Å². The van der Waals surface area contributed by atoms with Crippen LogP contribution in [0.3, 0.4) is 0 Å². The van der Waals surface area contributed by atoms with E-state index in [-0.39, 0.29) is 5.91 Å². The van der Waals surface area contributed by atoms with Gasteiger partial charge in [-0.1, -0.05) is 0 Å². The molecule has 0 aliphatic heterocycles. The van der Waals surface area contributed by atoms with Gasteiger partial charge in [0.25, 0.3) is 0 Å². The Bertz CT molecular complexity index is 549. The number of rotatable bonds is 5.